The van der Waals surface area contributed by atoms with Crippen molar-refractivity contribution in [3.05, 3.63) is 34.9 Å². The molecule has 21 heavy (non-hydrogen) atoms. The second-order valence-corrected chi connectivity index (χ2v) is 6.98. The molecule has 0 aromatic heterocycles. The third-order valence-corrected chi connectivity index (χ3v) is 5.52. The molecule has 3 nitrogen and oxygen atoms in total. The van der Waals surface area contributed by atoms with Gasteiger partial charge < -0.3 is 15.6 Å². The summed E-state index contributed by atoms with van der Waals surface area (Å²) in [6.45, 7) is 3.94. The Labute approximate surface area is 132 Å². The average molecular weight is 312 g/mol. The summed E-state index contributed by atoms with van der Waals surface area (Å²) in [5.74, 6) is -1.17. The van der Waals surface area contributed by atoms with E-state index in [0.717, 1.165) is 24.3 Å². The molecule has 1 aromatic rings. The molecule has 1 fully saturated rings. The number of ether oxygens (including phenoxy) is 1. The maximum Gasteiger partial charge on any atom is 0.166 e. The molecule has 1 aliphatic carbocycles. The molecular formula is C17H26ClNO2. The highest BCUT2D eigenvalue weighted by molar-refractivity contribution is 6.30. The van der Waals surface area contributed by atoms with E-state index in [1.165, 1.54) is 12.7 Å². The first-order valence-electron chi connectivity index (χ1n) is 7.61. The fraction of sp³-hybridized carbons (Fsp3) is 0.647. The Bertz CT molecular complexity index is 476. The molecule has 0 saturated heterocycles. The number of nitrogens with two attached hydrogens (primary N) is 1. The molecule has 0 radical (unpaired) electrons. The third-order valence-electron chi connectivity index (χ3n) is 5.27. The van der Waals surface area contributed by atoms with Crippen LogP contribution in [0.1, 0.15) is 51.5 Å². The van der Waals surface area contributed by atoms with Crippen molar-refractivity contribution in [3.63, 3.8) is 0 Å². The van der Waals surface area contributed by atoms with Crippen molar-refractivity contribution < 1.29 is 9.84 Å². The van der Waals surface area contributed by atoms with Gasteiger partial charge in [0.1, 0.15) is 0 Å². The predicted molar refractivity (Wildman–Crippen MR) is 86.4 cm³/mol. The smallest absolute Gasteiger partial charge is 0.166 e. The van der Waals surface area contributed by atoms with Crippen molar-refractivity contribution in [1.29, 1.82) is 0 Å². The number of methoxy groups -OCH3 is 1. The SMILES string of the molecule is CCC(O)(CC(C)(N)C1(c2ccc(Cl)cc2)CCC1)OC. The molecule has 0 amide bonds. The second kappa shape index (κ2) is 5.88. The van der Waals surface area contributed by atoms with Crippen molar-refractivity contribution in [1.82, 2.24) is 0 Å². The molecular weight excluding hydrogens is 286 g/mol. The second-order valence-electron chi connectivity index (χ2n) is 6.54. The van der Waals surface area contributed by atoms with Crippen LogP contribution in [0.4, 0.5) is 0 Å². The minimum atomic E-state index is -1.17. The van der Waals surface area contributed by atoms with Crippen LogP contribution >= 0.6 is 11.6 Å². The summed E-state index contributed by atoms with van der Waals surface area (Å²) >= 11 is 6.00. The lowest BCUT2D eigenvalue weighted by Gasteiger charge is -2.55. The van der Waals surface area contributed by atoms with E-state index in [1.54, 1.807) is 0 Å². The third kappa shape index (κ3) is 2.98. The van der Waals surface area contributed by atoms with Gasteiger partial charge in [-0.1, -0.05) is 37.1 Å². The lowest BCUT2D eigenvalue weighted by molar-refractivity contribution is -0.205. The van der Waals surface area contributed by atoms with Gasteiger partial charge in [0.2, 0.25) is 0 Å². The molecule has 2 unspecified atom stereocenters. The molecule has 0 bridgehead atoms. The maximum absolute atomic E-state index is 10.5. The molecule has 118 valence electrons. The minimum Gasteiger partial charge on any atom is -0.365 e. The Morgan fingerprint density at radius 2 is 1.90 bits per heavy atom. The van der Waals surface area contributed by atoms with Gasteiger partial charge in [-0.2, -0.15) is 0 Å². The van der Waals surface area contributed by atoms with Gasteiger partial charge in [-0.25, -0.2) is 0 Å². The summed E-state index contributed by atoms with van der Waals surface area (Å²) in [7, 11) is 1.54. The van der Waals surface area contributed by atoms with Crippen molar-refractivity contribution >= 4 is 11.6 Å². The summed E-state index contributed by atoms with van der Waals surface area (Å²) in [5.41, 5.74) is 7.24. The van der Waals surface area contributed by atoms with Gasteiger partial charge in [0.25, 0.3) is 0 Å². The Kier molecular flexibility index (Phi) is 4.69. The number of rotatable bonds is 6. The van der Waals surface area contributed by atoms with Crippen molar-refractivity contribution in [2.45, 2.75) is 62.7 Å². The van der Waals surface area contributed by atoms with Crippen LogP contribution in [-0.4, -0.2) is 23.5 Å². The largest absolute Gasteiger partial charge is 0.365 e. The highest BCUT2D eigenvalue weighted by Crippen LogP contribution is 2.52. The van der Waals surface area contributed by atoms with Gasteiger partial charge in [-0.15, -0.1) is 0 Å². The molecule has 4 heteroatoms. The zero-order valence-corrected chi connectivity index (χ0v) is 13.9. The van der Waals surface area contributed by atoms with Gasteiger partial charge >= 0.3 is 0 Å². The average Bonchev–Trinajstić information content (AvgIpc) is 2.38. The van der Waals surface area contributed by atoms with Gasteiger partial charge in [0.15, 0.2) is 5.79 Å². The first-order chi connectivity index (χ1) is 9.78. The predicted octanol–water partition coefficient (Wildman–Crippen LogP) is 3.61. The van der Waals surface area contributed by atoms with E-state index < -0.39 is 11.3 Å². The summed E-state index contributed by atoms with van der Waals surface area (Å²) in [4.78, 5) is 0. The van der Waals surface area contributed by atoms with Crippen molar-refractivity contribution in [2.75, 3.05) is 7.11 Å². The molecule has 2 rings (SSSR count). The van der Waals surface area contributed by atoms with E-state index in [1.807, 2.05) is 26.0 Å². The van der Waals surface area contributed by atoms with Crippen LogP contribution in [0.2, 0.25) is 5.02 Å². The lowest BCUT2D eigenvalue weighted by Crippen LogP contribution is -2.63. The van der Waals surface area contributed by atoms with Crippen LogP contribution in [0, 0.1) is 0 Å². The molecule has 0 spiro atoms. The van der Waals surface area contributed by atoms with E-state index in [9.17, 15) is 5.11 Å². The van der Waals surface area contributed by atoms with Crippen LogP contribution in [-0.2, 0) is 10.2 Å². The van der Waals surface area contributed by atoms with Crippen molar-refractivity contribution in [3.8, 4) is 0 Å². The molecule has 1 aromatic carbocycles. The van der Waals surface area contributed by atoms with E-state index >= 15 is 0 Å². The minimum absolute atomic E-state index is 0.112. The first kappa shape index (κ1) is 16.8. The quantitative estimate of drug-likeness (QED) is 0.789. The number of halogens is 1. The molecule has 0 aliphatic heterocycles. The number of benzene rings is 1. The number of hydrogen-bond donors (Lipinski definition) is 2. The van der Waals surface area contributed by atoms with Crippen LogP contribution in [0.5, 0.6) is 0 Å². The van der Waals surface area contributed by atoms with E-state index in [4.69, 9.17) is 22.1 Å². The summed E-state index contributed by atoms with van der Waals surface area (Å²) in [5, 5.41) is 11.2. The molecule has 3 N–H and O–H groups in total. The zero-order valence-electron chi connectivity index (χ0n) is 13.2. The van der Waals surface area contributed by atoms with Gasteiger partial charge in [0.05, 0.1) is 0 Å². The monoisotopic (exact) mass is 311 g/mol. The summed E-state index contributed by atoms with van der Waals surface area (Å²) in [6, 6.07) is 7.94. The number of aliphatic hydroxyl groups is 1. The molecule has 1 aliphatic rings. The van der Waals surface area contributed by atoms with Crippen LogP contribution in [0.25, 0.3) is 0 Å². The Morgan fingerprint density at radius 1 is 1.33 bits per heavy atom. The fourth-order valence-corrected chi connectivity index (χ4v) is 3.70. The van der Waals surface area contributed by atoms with E-state index in [-0.39, 0.29) is 5.41 Å². The standard InChI is InChI=1S/C17H26ClNO2/c1-4-17(20,21-3)12-15(2,19)16(10-5-11-16)13-6-8-14(18)9-7-13/h6-9,20H,4-5,10-12,19H2,1-3H3. The molecule has 1 saturated carbocycles. The van der Waals surface area contributed by atoms with E-state index in [0.29, 0.717) is 12.8 Å². The Morgan fingerprint density at radius 3 is 2.29 bits per heavy atom. The zero-order chi connectivity index (χ0) is 15.7. The normalized spacial score (nSPS) is 23.0. The molecule has 0 heterocycles. The van der Waals surface area contributed by atoms with Crippen molar-refractivity contribution in [2.24, 2.45) is 5.73 Å². The summed E-state index contributed by atoms with van der Waals surface area (Å²) < 4.78 is 5.30. The lowest BCUT2D eigenvalue weighted by atomic mass is 9.53. The van der Waals surface area contributed by atoms with Gasteiger partial charge in [0, 0.05) is 29.5 Å². The number of hydrogen-bond acceptors (Lipinski definition) is 3. The first-order valence-corrected chi connectivity index (χ1v) is 7.99. The van der Waals surface area contributed by atoms with Gasteiger partial charge in [-0.3, -0.25) is 0 Å². The Balaban J connectivity index is 2.32. The van der Waals surface area contributed by atoms with E-state index in [2.05, 4.69) is 12.1 Å². The maximum atomic E-state index is 10.5. The van der Waals surface area contributed by atoms with Crippen LogP contribution < -0.4 is 5.73 Å². The Hall–Kier alpha value is -0.610. The van der Waals surface area contributed by atoms with Crippen LogP contribution in [0.15, 0.2) is 24.3 Å². The topological polar surface area (TPSA) is 55.5 Å². The van der Waals surface area contributed by atoms with Gasteiger partial charge in [-0.05, 0) is 43.9 Å². The molecule has 2 atom stereocenters. The van der Waals surface area contributed by atoms with Crippen LogP contribution in [0.3, 0.4) is 0 Å². The summed E-state index contributed by atoms with van der Waals surface area (Å²) in [6.07, 6.45) is 4.16. The highest BCUT2D eigenvalue weighted by Gasteiger charge is 2.53. The fourth-order valence-electron chi connectivity index (χ4n) is 3.57. The highest BCUT2D eigenvalue weighted by atomic mass is 35.5.